The molecule has 0 aromatic heterocycles. The van der Waals surface area contributed by atoms with E-state index in [9.17, 15) is 8.42 Å². The number of methoxy groups -OCH3 is 1. The Morgan fingerprint density at radius 2 is 1.45 bits per heavy atom. The third kappa shape index (κ3) is 4.28. The third-order valence-electron chi connectivity index (χ3n) is 5.18. The molecule has 1 saturated heterocycles. The quantitative estimate of drug-likeness (QED) is 0.594. The number of benzene rings is 3. The second-order valence-corrected chi connectivity index (χ2v) is 8.95. The summed E-state index contributed by atoms with van der Waals surface area (Å²) in [7, 11) is -1.94. The van der Waals surface area contributed by atoms with Gasteiger partial charge in [0.1, 0.15) is 17.2 Å². The van der Waals surface area contributed by atoms with Crippen molar-refractivity contribution in [2.24, 2.45) is 0 Å². The molecule has 29 heavy (non-hydrogen) atoms. The van der Waals surface area contributed by atoms with Crippen molar-refractivity contribution >= 4 is 10.0 Å². The van der Waals surface area contributed by atoms with Crippen LogP contribution in [0.1, 0.15) is 17.9 Å². The summed E-state index contributed by atoms with van der Waals surface area (Å²) >= 11 is 0. The van der Waals surface area contributed by atoms with Crippen molar-refractivity contribution in [2.45, 2.75) is 17.2 Å². The van der Waals surface area contributed by atoms with Gasteiger partial charge in [-0.2, -0.15) is 4.31 Å². The molecule has 1 heterocycles. The van der Waals surface area contributed by atoms with Crippen LogP contribution in [0, 0.1) is 0 Å². The van der Waals surface area contributed by atoms with Gasteiger partial charge in [-0.15, -0.1) is 0 Å². The van der Waals surface area contributed by atoms with Crippen LogP contribution in [0.3, 0.4) is 0 Å². The van der Waals surface area contributed by atoms with Crippen molar-refractivity contribution in [3.05, 3.63) is 84.4 Å². The zero-order valence-electron chi connectivity index (χ0n) is 16.2. The van der Waals surface area contributed by atoms with Crippen molar-refractivity contribution in [3.63, 3.8) is 0 Å². The Kier molecular flexibility index (Phi) is 5.56. The summed E-state index contributed by atoms with van der Waals surface area (Å²) in [6.07, 6.45) is 0.800. The molecule has 0 radical (unpaired) electrons. The minimum absolute atomic E-state index is 0.175. The van der Waals surface area contributed by atoms with Crippen LogP contribution < -0.4 is 9.47 Å². The molecule has 4 rings (SSSR count). The normalized spacial score (nSPS) is 17.2. The minimum Gasteiger partial charge on any atom is -0.497 e. The zero-order valence-corrected chi connectivity index (χ0v) is 17.0. The van der Waals surface area contributed by atoms with Crippen molar-refractivity contribution in [2.75, 3.05) is 20.2 Å². The highest BCUT2D eigenvalue weighted by Gasteiger charge is 2.33. The van der Waals surface area contributed by atoms with Gasteiger partial charge >= 0.3 is 0 Å². The Morgan fingerprint density at radius 3 is 2.10 bits per heavy atom. The van der Waals surface area contributed by atoms with Gasteiger partial charge in [0.2, 0.25) is 10.0 Å². The fraction of sp³-hybridized carbons (Fsp3) is 0.217. The first kappa shape index (κ1) is 19.5. The van der Waals surface area contributed by atoms with Gasteiger partial charge in [-0.05, 0) is 66.4 Å². The Balaban J connectivity index is 1.43. The summed E-state index contributed by atoms with van der Waals surface area (Å²) in [6.45, 7) is 0.995. The van der Waals surface area contributed by atoms with E-state index >= 15 is 0 Å². The second-order valence-electron chi connectivity index (χ2n) is 7.01. The molecule has 0 saturated carbocycles. The van der Waals surface area contributed by atoms with Crippen molar-refractivity contribution in [3.8, 4) is 17.2 Å². The number of rotatable bonds is 6. The average Bonchev–Trinajstić information content (AvgIpc) is 3.26. The van der Waals surface area contributed by atoms with Crippen LogP contribution in [-0.4, -0.2) is 32.9 Å². The smallest absolute Gasteiger partial charge is 0.243 e. The van der Waals surface area contributed by atoms with Crippen molar-refractivity contribution in [1.29, 1.82) is 0 Å². The predicted molar refractivity (Wildman–Crippen MR) is 112 cm³/mol. The summed E-state index contributed by atoms with van der Waals surface area (Å²) in [5.74, 6) is 2.37. The van der Waals surface area contributed by atoms with Gasteiger partial charge in [0, 0.05) is 13.1 Å². The van der Waals surface area contributed by atoms with E-state index < -0.39 is 10.0 Å². The molecular formula is C23H23NO4S. The molecule has 0 amide bonds. The molecule has 0 aliphatic carbocycles. The molecule has 0 spiro atoms. The van der Waals surface area contributed by atoms with E-state index in [0.717, 1.165) is 23.5 Å². The molecule has 1 fully saturated rings. The Hall–Kier alpha value is -2.83. The van der Waals surface area contributed by atoms with Gasteiger partial charge in [-0.3, -0.25) is 0 Å². The SMILES string of the molecule is COc1ccc(S(=O)(=O)N2CC[C@H](c3ccc(Oc4ccccc4)cc3)C2)cc1. The molecular weight excluding hydrogens is 386 g/mol. The first-order valence-corrected chi connectivity index (χ1v) is 11.0. The van der Waals surface area contributed by atoms with Crippen molar-refractivity contribution in [1.82, 2.24) is 4.31 Å². The maximum absolute atomic E-state index is 12.9. The Labute approximate surface area is 171 Å². The molecule has 150 valence electrons. The number of hydrogen-bond acceptors (Lipinski definition) is 4. The standard InChI is InChI=1S/C23H23NO4S/c1-27-20-11-13-23(14-12-20)29(25,26)24-16-15-19(17-24)18-7-9-22(10-8-18)28-21-5-3-2-4-6-21/h2-14,19H,15-17H2,1H3/t19-/m0/s1. The molecule has 3 aromatic rings. The van der Waals surface area contributed by atoms with Gasteiger partial charge in [0.25, 0.3) is 0 Å². The summed E-state index contributed by atoms with van der Waals surface area (Å²) in [5, 5.41) is 0. The number of sulfonamides is 1. The van der Waals surface area contributed by atoms with E-state index in [1.165, 1.54) is 0 Å². The fourth-order valence-corrected chi connectivity index (χ4v) is 5.05. The van der Waals surface area contributed by atoms with Gasteiger partial charge in [-0.1, -0.05) is 30.3 Å². The van der Waals surface area contributed by atoms with Gasteiger partial charge in [-0.25, -0.2) is 8.42 Å². The van der Waals surface area contributed by atoms with Crippen LogP contribution in [0.25, 0.3) is 0 Å². The van der Waals surface area contributed by atoms with Gasteiger partial charge in [0.05, 0.1) is 12.0 Å². The lowest BCUT2D eigenvalue weighted by Gasteiger charge is -2.17. The molecule has 0 N–H and O–H groups in total. The van der Waals surface area contributed by atoms with E-state index in [1.54, 1.807) is 35.7 Å². The zero-order chi connectivity index (χ0) is 20.3. The Morgan fingerprint density at radius 1 is 0.828 bits per heavy atom. The summed E-state index contributed by atoms with van der Waals surface area (Å²) in [6, 6.07) is 24.1. The molecule has 5 nitrogen and oxygen atoms in total. The lowest BCUT2D eigenvalue weighted by atomic mass is 9.98. The lowest BCUT2D eigenvalue weighted by Crippen LogP contribution is -2.28. The minimum atomic E-state index is -3.50. The third-order valence-corrected chi connectivity index (χ3v) is 7.06. The van der Waals surface area contributed by atoms with E-state index in [4.69, 9.17) is 9.47 Å². The summed E-state index contributed by atoms with van der Waals surface area (Å²) < 4.78 is 38.4. The van der Waals surface area contributed by atoms with Crippen LogP contribution in [0.5, 0.6) is 17.2 Å². The Bertz CT molecular complexity index is 1050. The maximum atomic E-state index is 12.9. The number of hydrogen-bond donors (Lipinski definition) is 0. The van der Waals surface area contributed by atoms with E-state index in [0.29, 0.717) is 23.7 Å². The topological polar surface area (TPSA) is 55.8 Å². The highest BCUT2D eigenvalue weighted by atomic mass is 32.2. The van der Waals surface area contributed by atoms with Crippen LogP contribution in [0.4, 0.5) is 0 Å². The number of nitrogens with zero attached hydrogens (tertiary/aromatic N) is 1. The second kappa shape index (κ2) is 8.27. The average molecular weight is 410 g/mol. The summed E-state index contributed by atoms with van der Waals surface area (Å²) in [5.41, 5.74) is 1.12. The van der Waals surface area contributed by atoms with Crippen LogP contribution >= 0.6 is 0 Å². The van der Waals surface area contributed by atoms with Crippen molar-refractivity contribution < 1.29 is 17.9 Å². The fourth-order valence-electron chi connectivity index (χ4n) is 3.55. The van der Waals surface area contributed by atoms with E-state index in [2.05, 4.69) is 0 Å². The number of ether oxygens (including phenoxy) is 2. The first-order valence-electron chi connectivity index (χ1n) is 9.53. The molecule has 3 aromatic carbocycles. The lowest BCUT2D eigenvalue weighted by molar-refractivity contribution is 0.414. The number of para-hydroxylation sites is 1. The van der Waals surface area contributed by atoms with E-state index in [1.807, 2.05) is 54.6 Å². The van der Waals surface area contributed by atoms with Crippen LogP contribution in [0.15, 0.2) is 83.8 Å². The predicted octanol–water partition coefficient (Wildman–Crippen LogP) is 4.67. The van der Waals surface area contributed by atoms with Gasteiger partial charge in [0.15, 0.2) is 0 Å². The molecule has 0 bridgehead atoms. The molecule has 6 heteroatoms. The van der Waals surface area contributed by atoms with Crippen LogP contribution in [0.2, 0.25) is 0 Å². The largest absolute Gasteiger partial charge is 0.497 e. The molecule has 0 unspecified atom stereocenters. The maximum Gasteiger partial charge on any atom is 0.243 e. The van der Waals surface area contributed by atoms with Crippen LogP contribution in [-0.2, 0) is 10.0 Å². The first-order chi connectivity index (χ1) is 14.1. The van der Waals surface area contributed by atoms with E-state index in [-0.39, 0.29) is 5.92 Å². The highest BCUT2D eigenvalue weighted by Crippen LogP contribution is 2.33. The molecule has 1 aliphatic rings. The van der Waals surface area contributed by atoms with Gasteiger partial charge < -0.3 is 9.47 Å². The molecule has 1 aliphatic heterocycles. The summed E-state index contributed by atoms with van der Waals surface area (Å²) in [4.78, 5) is 0.297. The molecule has 1 atom stereocenters. The monoisotopic (exact) mass is 409 g/mol. The highest BCUT2D eigenvalue weighted by molar-refractivity contribution is 7.89.